The number of rotatable bonds is 8. The van der Waals surface area contributed by atoms with Gasteiger partial charge in [-0.1, -0.05) is 31.5 Å². The first kappa shape index (κ1) is 24.2. The zero-order valence-electron chi connectivity index (χ0n) is 19.7. The van der Waals surface area contributed by atoms with Crippen molar-refractivity contribution < 1.29 is 18.0 Å². The molecule has 0 radical (unpaired) electrons. The van der Waals surface area contributed by atoms with Gasteiger partial charge in [0.2, 0.25) is 21.8 Å². The van der Waals surface area contributed by atoms with Gasteiger partial charge in [0.05, 0.1) is 4.90 Å². The van der Waals surface area contributed by atoms with Gasteiger partial charge >= 0.3 is 0 Å². The number of piperazine rings is 1. The van der Waals surface area contributed by atoms with Crippen LogP contribution in [0, 0.1) is 5.92 Å². The minimum absolute atomic E-state index is 0.0504. The highest BCUT2D eigenvalue weighted by Gasteiger charge is 2.38. The lowest BCUT2D eigenvalue weighted by Crippen LogP contribution is -2.50. The van der Waals surface area contributed by atoms with Gasteiger partial charge in [-0.3, -0.25) is 9.59 Å². The smallest absolute Gasteiger partial charge is 0.243 e. The highest BCUT2D eigenvalue weighted by molar-refractivity contribution is 7.89. The number of amides is 2. The molecular weight excluding hydrogens is 438 g/mol. The van der Waals surface area contributed by atoms with Crippen LogP contribution in [0.5, 0.6) is 0 Å². The first-order valence-corrected chi connectivity index (χ1v) is 14.0. The molecule has 0 aromatic heterocycles. The molecule has 2 amide bonds. The molecule has 1 saturated heterocycles. The molecule has 0 bridgehead atoms. The van der Waals surface area contributed by atoms with E-state index in [4.69, 9.17) is 0 Å². The number of hydrogen-bond acceptors (Lipinski definition) is 4. The molecule has 2 saturated carbocycles. The Hall–Kier alpha value is -1.93. The second-order valence-corrected chi connectivity index (χ2v) is 11.7. The van der Waals surface area contributed by atoms with Crippen LogP contribution >= 0.6 is 0 Å². The predicted molar refractivity (Wildman–Crippen MR) is 127 cm³/mol. The SMILES string of the molecule is CCC1CCC(N(C(=O)CCC(=O)N2CCN(S(=O)(=O)c3ccccc3)CC2)C2CC2)CC1. The Balaban J connectivity index is 1.26. The van der Waals surface area contributed by atoms with E-state index in [1.165, 1.54) is 23.6 Å². The van der Waals surface area contributed by atoms with Crippen LogP contribution in [0.2, 0.25) is 0 Å². The molecule has 1 heterocycles. The number of nitrogens with zero attached hydrogens (tertiary/aromatic N) is 3. The van der Waals surface area contributed by atoms with E-state index < -0.39 is 10.0 Å². The van der Waals surface area contributed by atoms with E-state index in [1.54, 1.807) is 35.2 Å². The van der Waals surface area contributed by atoms with E-state index in [1.807, 2.05) is 0 Å². The Morgan fingerprint density at radius 3 is 2.00 bits per heavy atom. The zero-order valence-corrected chi connectivity index (χ0v) is 20.5. The van der Waals surface area contributed by atoms with Crippen LogP contribution in [0.15, 0.2) is 35.2 Å². The summed E-state index contributed by atoms with van der Waals surface area (Å²) in [6.45, 7) is 3.55. The minimum atomic E-state index is -3.53. The van der Waals surface area contributed by atoms with E-state index in [0.29, 0.717) is 25.2 Å². The molecular formula is C25H37N3O4S. The summed E-state index contributed by atoms with van der Waals surface area (Å²) in [5.74, 6) is 0.866. The maximum Gasteiger partial charge on any atom is 0.243 e. The maximum absolute atomic E-state index is 13.1. The van der Waals surface area contributed by atoms with Gasteiger partial charge in [-0.05, 0) is 56.6 Å². The topological polar surface area (TPSA) is 78.0 Å². The molecule has 0 atom stereocenters. The van der Waals surface area contributed by atoms with E-state index >= 15 is 0 Å². The van der Waals surface area contributed by atoms with Gasteiger partial charge in [0, 0.05) is 51.1 Å². The normalized spacial score (nSPS) is 24.5. The van der Waals surface area contributed by atoms with E-state index in [-0.39, 0.29) is 42.6 Å². The molecule has 33 heavy (non-hydrogen) atoms. The van der Waals surface area contributed by atoms with E-state index in [9.17, 15) is 18.0 Å². The van der Waals surface area contributed by atoms with Crippen molar-refractivity contribution in [3.05, 3.63) is 30.3 Å². The van der Waals surface area contributed by atoms with Crippen LogP contribution in [-0.4, -0.2) is 72.6 Å². The van der Waals surface area contributed by atoms with Crippen molar-refractivity contribution in [1.29, 1.82) is 0 Å². The first-order valence-electron chi connectivity index (χ1n) is 12.5. The van der Waals surface area contributed by atoms with Gasteiger partial charge in [-0.15, -0.1) is 0 Å². The molecule has 2 aliphatic carbocycles. The summed E-state index contributed by atoms with van der Waals surface area (Å²) in [6.07, 6.45) is 8.44. The van der Waals surface area contributed by atoms with Crippen molar-refractivity contribution in [3.63, 3.8) is 0 Å². The van der Waals surface area contributed by atoms with Gasteiger partial charge < -0.3 is 9.80 Å². The summed E-state index contributed by atoms with van der Waals surface area (Å²) in [7, 11) is -3.53. The Morgan fingerprint density at radius 1 is 0.879 bits per heavy atom. The summed E-state index contributed by atoms with van der Waals surface area (Å²) in [5.41, 5.74) is 0. The zero-order chi connectivity index (χ0) is 23.4. The summed E-state index contributed by atoms with van der Waals surface area (Å²) >= 11 is 0. The van der Waals surface area contributed by atoms with E-state index in [2.05, 4.69) is 11.8 Å². The second-order valence-electron chi connectivity index (χ2n) is 9.71. The monoisotopic (exact) mass is 475 g/mol. The van der Waals surface area contributed by atoms with Crippen LogP contribution in [0.25, 0.3) is 0 Å². The van der Waals surface area contributed by atoms with Crippen molar-refractivity contribution in [2.45, 2.75) is 81.7 Å². The van der Waals surface area contributed by atoms with Crippen LogP contribution in [0.4, 0.5) is 0 Å². The van der Waals surface area contributed by atoms with Gasteiger partial charge in [0.25, 0.3) is 0 Å². The summed E-state index contributed by atoms with van der Waals surface area (Å²) < 4.78 is 27.0. The van der Waals surface area contributed by atoms with Crippen molar-refractivity contribution in [2.75, 3.05) is 26.2 Å². The fourth-order valence-corrected chi connectivity index (χ4v) is 6.75. The fraction of sp³-hybridized carbons (Fsp3) is 0.680. The molecule has 0 unspecified atom stereocenters. The van der Waals surface area contributed by atoms with Crippen LogP contribution in [-0.2, 0) is 19.6 Å². The van der Waals surface area contributed by atoms with Gasteiger partial charge in [-0.25, -0.2) is 8.42 Å². The molecule has 1 aliphatic heterocycles. The molecule has 8 heteroatoms. The maximum atomic E-state index is 13.1. The Morgan fingerprint density at radius 2 is 1.45 bits per heavy atom. The van der Waals surface area contributed by atoms with Crippen molar-refractivity contribution >= 4 is 21.8 Å². The predicted octanol–water partition coefficient (Wildman–Crippen LogP) is 3.26. The summed E-state index contributed by atoms with van der Waals surface area (Å²) in [5, 5.41) is 0. The lowest BCUT2D eigenvalue weighted by Gasteiger charge is -2.37. The summed E-state index contributed by atoms with van der Waals surface area (Å²) in [6, 6.07) is 9.13. The van der Waals surface area contributed by atoms with Gasteiger partial charge in [-0.2, -0.15) is 4.31 Å². The Bertz CT molecular complexity index is 916. The van der Waals surface area contributed by atoms with Crippen LogP contribution < -0.4 is 0 Å². The van der Waals surface area contributed by atoms with Crippen LogP contribution in [0.3, 0.4) is 0 Å². The highest BCUT2D eigenvalue weighted by atomic mass is 32.2. The standard InChI is InChI=1S/C25H37N3O4S/c1-2-20-8-10-21(11-9-20)28(22-12-13-22)25(30)15-14-24(29)26-16-18-27(19-17-26)33(31,32)23-6-4-3-5-7-23/h3-7,20-22H,2,8-19H2,1H3. The van der Waals surface area contributed by atoms with Crippen molar-refractivity contribution in [1.82, 2.24) is 14.1 Å². The summed E-state index contributed by atoms with van der Waals surface area (Å²) in [4.78, 5) is 30.0. The third-order valence-corrected chi connectivity index (χ3v) is 9.45. The average Bonchev–Trinajstić information content (AvgIpc) is 3.69. The minimum Gasteiger partial charge on any atom is -0.340 e. The molecule has 7 nitrogen and oxygen atoms in total. The molecule has 0 N–H and O–H groups in total. The fourth-order valence-electron chi connectivity index (χ4n) is 5.31. The van der Waals surface area contributed by atoms with Gasteiger partial charge in [0.1, 0.15) is 0 Å². The average molecular weight is 476 g/mol. The van der Waals surface area contributed by atoms with Crippen LogP contribution in [0.1, 0.15) is 64.7 Å². The molecule has 3 aliphatic rings. The number of carbonyl (C=O) groups is 2. The third kappa shape index (κ3) is 5.77. The highest BCUT2D eigenvalue weighted by Crippen LogP contribution is 2.36. The Kier molecular flexibility index (Phi) is 7.74. The molecule has 1 aromatic rings. The second kappa shape index (κ2) is 10.6. The first-order chi connectivity index (χ1) is 15.9. The lowest BCUT2D eigenvalue weighted by atomic mass is 9.83. The number of benzene rings is 1. The molecule has 4 rings (SSSR count). The Labute approximate surface area is 198 Å². The van der Waals surface area contributed by atoms with E-state index in [0.717, 1.165) is 31.6 Å². The molecule has 3 fully saturated rings. The quantitative estimate of drug-likeness (QED) is 0.578. The van der Waals surface area contributed by atoms with Gasteiger partial charge in [0.15, 0.2) is 0 Å². The number of hydrogen-bond donors (Lipinski definition) is 0. The largest absolute Gasteiger partial charge is 0.340 e. The number of carbonyl (C=O) groups excluding carboxylic acids is 2. The third-order valence-electron chi connectivity index (χ3n) is 7.54. The lowest BCUT2D eigenvalue weighted by molar-refractivity contribution is -0.139. The molecule has 182 valence electrons. The van der Waals surface area contributed by atoms with Crippen molar-refractivity contribution in [2.24, 2.45) is 5.92 Å². The number of sulfonamides is 1. The molecule has 1 aromatic carbocycles. The van der Waals surface area contributed by atoms with Crippen molar-refractivity contribution in [3.8, 4) is 0 Å². The molecule has 0 spiro atoms.